The van der Waals surface area contributed by atoms with Gasteiger partial charge in [0.2, 0.25) is 0 Å². The molecule has 0 heterocycles. The van der Waals surface area contributed by atoms with Crippen molar-refractivity contribution in [3.8, 4) is 11.5 Å². The summed E-state index contributed by atoms with van der Waals surface area (Å²) in [7, 11) is 3.12. The smallest absolute Gasteiger partial charge is 0.255 e. The van der Waals surface area contributed by atoms with Gasteiger partial charge in [-0.15, -0.1) is 0 Å². The van der Waals surface area contributed by atoms with E-state index in [2.05, 4.69) is 29.6 Å². The summed E-state index contributed by atoms with van der Waals surface area (Å²) < 4.78 is 10.5. The van der Waals surface area contributed by atoms with Gasteiger partial charge in [-0.25, -0.2) is 0 Å². The lowest BCUT2D eigenvalue weighted by molar-refractivity contribution is 0.0936. The highest BCUT2D eigenvalue weighted by atomic mass is 16.5. The van der Waals surface area contributed by atoms with E-state index in [0.717, 1.165) is 10.9 Å². The average Bonchev–Trinajstić information content (AvgIpc) is 2.66. The molecule has 0 radical (unpaired) electrons. The third kappa shape index (κ3) is 3.58. The molecule has 4 nitrogen and oxygen atoms in total. The molecule has 128 valence electrons. The van der Waals surface area contributed by atoms with E-state index in [1.54, 1.807) is 32.4 Å². The lowest BCUT2D eigenvalue weighted by Gasteiger charge is -2.17. The van der Waals surface area contributed by atoms with Crippen LogP contribution in [0.4, 0.5) is 0 Å². The zero-order valence-corrected chi connectivity index (χ0v) is 14.6. The standard InChI is InChI=1S/C21H21NO3/c1-14(16-9-8-15-6-4-5-7-17(15)12-16)22-21(23)19-13-18(24-2)10-11-20(19)25-3/h4-14H,1-3H3,(H,22,23). The summed E-state index contributed by atoms with van der Waals surface area (Å²) >= 11 is 0. The average molecular weight is 335 g/mol. The zero-order chi connectivity index (χ0) is 17.8. The number of benzene rings is 3. The van der Waals surface area contributed by atoms with Crippen LogP contribution in [0.25, 0.3) is 10.8 Å². The van der Waals surface area contributed by atoms with Crippen LogP contribution >= 0.6 is 0 Å². The minimum Gasteiger partial charge on any atom is -0.497 e. The van der Waals surface area contributed by atoms with E-state index < -0.39 is 0 Å². The Balaban J connectivity index is 1.84. The molecule has 3 rings (SSSR count). The van der Waals surface area contributed by atoms with Gasteiger partial charge in [-0.05, 0) is 47.5 Å². The Labute approximate surface area is 147 Å². The fourth-order valence-corrected chi connectivity index (χ4v) is 2.83. The molecular formula is C21H21NO3. The predicted molar refractivity (Wildman–Crippen MR) is 99.4 cm³/mol. The first-order chi connectivity index (χ1) is 12.1. The summed E-state index contributed by atoms with van der Waals surface area (Å²) in [5, 5.41) is 5.36. The molecule has 0 bridgehead atoms. The van der Waals surface area contributed by atoms with Gasteiger partial charge in [0.1, 0.15) is 11.5 Å². The molecule has 0 aliphatic rings. The quantitative estimate of drug-likeness (QED) is 0.754. The maximum absolute atomic E-state index is 12.7. The number of ether oxygens (including phenoxy) is 2. The molecule has 1 atom stereocenters. The third-order valence-corrected chi connectivity index (χ3v) is 4.27. The summed E-state index contributed by atoms with van der Waals surface area (Å²) in [4.78, 5) is 12.7. The SMILES string of the molecule is COc1ccc(OC)c(C(=O)NC(C)c2ccc3ccccc3c2)c1. The van der Waals surface area contributed by atoms with Crippen molar-refractivity contribution in [3.05, 3.63) is 71.8 Å². The number of methoxy groups -OCH3 is 2. The van der Waals surface area contributed by atoms with Gasteiger partial charge >= 0.3 is 0 Å². The highest BCUT2D eigenvalue weighted by Gasteiger charge is 2.17. The second kappa shape index (κ2) is 7.26. The molecule has 0 aliphatic carbocycles. The summed E-state index contributed by atoms with van der Waals surface area (Å²) in [6.07, 6.45) is 0. The van der Waals surface area contributed by atoms with Gasteiger partial charge in [0.25, 0.3) is 5.91 Å². The summed E-state index contributed by atoms with van der Waals surface area (Å²) in [6.45, 7) is 1.97. The Kier molecular flexibility index (Phi) is 4.89. The predicted octanol–water partition coefficient (Wildman–Crippen LogP) is 4.35. The van der Waals surface area contributed by atoms with Gasteiger partial charge in [-0.3, -0.25) is 4.79 Å². The van der Waals surface area contributed by atoms with Gasteiger partial charge in [-0.1, -0.05) is 36.4 Å². The topological polar surface area (TPSA) is 47.6 Å². The number of amides is 1. The number of carbonyl (C=O) groups excluding carboxylic acids is 1. The number of hydrogen-bond acceptors (Lipinski definition) is 3. The van der Waals surface area contributed by atoms with Crippen LogP contribution in [0.2, 0.25) is 0 Å². The number of hydrogen-bond donors (Lipinski definition) is 1. The minimum atomic E-state index is -0.198. The van der Waals surface area contributed by atoms with Crippen molar-refractivity contribution in [3.63, 3.8) is 0 Å². The molecule has 1 N–H and O–H groups in total. The van der Waals surface area contributed by atoms with E-state index in [0.29, 0.717) is 17.1 Å². The van der Waals surface area contributed by atoms with Gasteiger partial charge < -0.3 is 14.8 Å². The van der Waals surface area contributed by atoms with E-state index in [4.69, 9.17) is 9.47 Å². The third-order valence-electron chi connectivity index (χ3n) is 4.27. The lowest BCUT2D eigenvalue weighted by atomic mass is 10.0. The molecule has 3 aromatic carbocycles. The number of fused-ring (bicyclic) bond motifs is 1. The Morgan fingerprint density at radius 2 is 1.68 bits per heavy atom. The molecule has 0 aliphatic heterocycles. The number of nitrogens with one attached hydrogen (secondary N) is 1. The van der Waals surface area contributed by atoms with Crippen molar-refractivity contribution in [1.82, 2.24) is 5.32 Å². The van der Waals surface area contributed by atoms with E-state index in [1.165, 1.54) is 5.39 Å². The van der Waals surface area contributed by atoms with E-state index in [-0.39, 0.29) is 11.9 Å². The molecule has 4 heteroatoms. The molecule has 25 heavy (non-hydrogen) atoms. The minimum absolute atomic E-state index is 0.131. The lowest BCUT2D eigenvalue weighted by Crippen LogP contribution is -2.27. The van der Waals surface area contributed by atoms with Crippen LogP contribution in [0.5, 0.6) is 11.5 Å². The van der Waals surface area contributed by atoms with Crippen LogP contribution in [0.1, 0.15) is 28.9 Å². The van der Waals surface area contributed by atoms with E-state index in [1.807, 2.05) is 25.1 Å². The Hall–Kier alpha value is -3.01. The van der Waals surface area contributed by atoms with Gasteiger partial charge in [0.15, 0.2) is 0 Å². The van der Waals surface area contributed by atoms with Crippen LogP contribution in [0.3, 0.4) is 0 Å². The molecule has 1 unspecified atom stereocenters. The first-order valence-electron chi connectivity index (χ1n) is 8.14. The monoisotopic (exact) mass is 335 g/mol. The van der Waals surface area contributed by atoms with E-state index in [9.17, 15) is 4.79 Å². The zero-order valence-electron chi connectivity index (χ0n) is 14.6. The van der Waals surface area contributed by atoms with Gasteiger partial charge in [0, 0.05) is 0 Å². The summed E-state index contributed by atoms with van der Waals surface area (Å²) in [5.74, 6) is 0.935. The Morgan fingerprint density at radius 1 is 0.920 bits per heavy atom. The van der Waals surface area contributed by atoms with Crippen molar-refractivity contribution < 1.29 is 14.3 Å². The molecular weight excluding hydrogens is 314 g/mol. The highest BCUT2D eigenvalue weighted by molar-refractivity contribution is 5.97. The van der Waals surface area contributed by atoms with Crippen molar-refractivity contribution in [2.24, 2.45) is 0 Å². The van der Waals surface area contributed by atoms with Crippen LogP contribution in [-0.4, -0.2) is 20.1 Å². The fourth-order valence-electron chi connectivity index (χ4n) is 2.83. The molecule has 0 aromatic heterocycles. The normalized spacial score (nSPS) is 11.8. The maximum Gasteiger partial charge on any atom is 0.255 e. The second-order valence-electron chi connectivity index (χ2n) is 5.87. The van der Waals surface area contributed by atoms with Crippen LogP contribution in [0, 0.1) is 0 Å². The summed E-state index contributed by atoms with van der Waals surface area (Å²) in [6, 6.07) is 19.4. The number of carbonyl (C=O) groups is 1. The Morgan fingerprint density at radius 3 is 2.40 bits per heavy atom. The molecule has 1 amide bonds. The van der Waals surface area contributed by atoms with Gasteiger partial charge in [0.05, 0.1) is 25.8 Å². The second-order valence-corrected chi connectivity index (χ2v) is 5.87. The molecule has 3 aromatic rings. The van der Waals surface area contributed by atoms with Crippen molar-refractivity contribution in [2.75, 3.05) is 14.2 Å². The van der Waals surface area contributed by atoms with Crippen LogP contribution in [-0.2, 0) is 0 Å². The molecule has 0 saturated heterocycles. The molecule has 0 spiro atoms. The van der Waals surface area contributed by atoms with Crippen molar-refractivity contribution in [1.29, 1.82) is 0 Å². The maximum atomic E-state index is 12.7. The largest absolute Gasteiger partial charge is 0.497 e. The van der Waals surface area contributed by atoms with Gasteiger partial charge in [-0.2, -0.15) is 0 Å². The first kappa shape index (κ1) is 16.8. The Bertz CT molecular complexity index is 905. The van der Waals surface area contributed by atoms with E-state index >= 15 is 0 Å². The van der Waals surface area contributed by atoms with Crippen LogP contribution in [0.15, 0.2) is 60.7 Å². The highest BCUT2D eigenvalue weighted by Crippen LogP contribution is 2.25. The number of rotatable bonds is 5. The fraction of sp³-hybridized carbons (Fsp3) is 0.190. The van der Waals surface area contributed by atoms with Crippen molar-refractivity contribution >= 4 is 16.7 Å². The van der Waals surface area contributed by atoms with Crippen LogP contribution < -0.4 is 14.8 Å². The van der Waals surface area contributed by atoms with Crippen molar-refractivity contribution in [2.45, 2.75) is 13.0 Å². The molecule has 0 fully saturated rings. The summed E-state index contributed by atoms with van der Waals surface area (Å²) in [5.41, 5.74) is 1.50. The first-order valence-corrected chi connectivity index (χ1v) is 8.14. The molecule has 0 saturated carbocycles.